The van der Waals surface area contributed by atoms with Crippen molar-refractivity contribution < 1.29 is 0 Å². The molecule has 0 saturated carbocycles. The lowest BCUT2D eigenvalue weighted by atomic mass is 10.4. The van der Waals surface area contributed by atoms with E-state index in [9.17, 15) is 0 Å². The van der Waals surface area contributed by atoms with Crippen LogP contribution in [-0.4, -0.2) is 54.3 Å². The molecular formula is C15H24N10S. The van der Waals surface area contributed by atoms with Crippen LogP contribution in [-0.2, 0) is 5.75 Å². The van der Waals surface area contributed by atoms with Crippen molar-refractivity contribution in [3.8, 4) is 12.4 Å². The minimum atomic E-state index is 0.431. The second-order valence-corrected chi connectivity index (χ2v) is 6.14. The van der Waals surface area contributed by atoms with E-state index in [0.29, 0.717) is 31.6 Å². The smallest absolute Gasteiger partial charge is 0.209 e. The molecule has 0 unspecified atom stereocenters. The van der Waals surface area contributed by atoms with Gasteiger partial charge in [0.2, 0.25) is 24.3 Å². The molecule has 5 N–H and O–H groups in total. The number of nitrogens with one attached hydrogen (secondary N) is 5. The highest BCUT2D eigenvalue weighted by Gasteiger charge is 2.02. The topological polar surface area (TPSA) is 149 Å². The number of nitrogens with zero attached hydrogens (tertiary/aromatic N) is 5. The molecule has 0 spiro atoms. The standard InChI is InChI=1S/C15H24N10S/c1-12-13(25-11-24-12)8-26-7-6-21-15(23-10-17)20-5-3-4-19-14(18-2)22-9-16/h11H,3-8H2,1-2H3,(H,24,25)(H2,18,19,22)(H2,20,21,23). The molecule has 1 rings (SSSR count). The lowest BCUT2D eigenvalue weighted by molar-refractivity contribution is 0.719. The molecule has 0 aliphatic rings. The summed E-state index contributed by atoms with van der Waals surface area (Å²) in [6.45, 7) is 3.96. The summed E-state index contributed by atoms with van der Waals surface area (Å²) in [5.74, 6) is 2.61. The van der Waals surface area contributed by atoms with Crippen LogP contribution in [0.1, 0.15) is 17.8 Å². The normalized spacial score (nSPS) is 11.4. The zero-order valence-corrected chi connectivity index (χ0v) is 15.8. The third-order valence-electron chi connectivity index (χ3n) is 3.21. The van der Waals surface area contributed by atoms with Crippen LogP contribution in [0, 0.1) is 29.8 Å². The number of guanidine groups is 2. The Bertz CT molecular complexity index is 667. The predicted molar refractivity (Wildman–Crippen MR) is 103 cm³/mol. The summed E-state index contributed by atoms with van der Waals surface area (Å²) in [6, 6.07) is 0. The molecule has 0 bridgehead atoms. The summed E-state index contributed by atoms with van der Waals surface area (Å²) < 4.78 is 0. The molecule has 0 saturated heterocycles. The van der Waals surface area contributed by atoms with Gasteiger partial charge in [0.05, 0.1) is 12.0 Å². The van der Waals surface area contributed by atoms with E-state index in [1.54, 1.807) is 37.5 Å². The molecule has 0 aromatic carbocycles. The van der Waals surface area contributed by atoms with Gasteiger partial charge in [0.15, 0.2) is 0 Å². The van der Waals surface area contributed by atoms with Crippen molar-refractivity contribution in [3.05, 3.63) is 17.7 Å². The number of imidazole rings is 1. The van der Waals surface area contributed by atoms with Gasteiger partial charge in [0.1, 0.15) is 0 Å². The van der Waals surface area contributed by atoms with Crippen molar-refractivity contribution in [1.82, 2.24) is 31.2 Å². The van der Waals surface area contributed by atoms with Crippen molar-refractivity contribution in [2.24, 2.45) is 9.98 Å². The van der Waals surface area contributed by atoms with E-state index in [0.717, 1.165) is 29.3 Å². The van der Waals surface area contributed by atoms with E-state index in [1.165, 1.54) is 0 Å². The maximum Gasteiger partial charge on any atom is 0.209 e. The van der Waals surface area contributed by atoms with Gasteiger partial charge in [-0.2, -0.15) is 22.3 Å². The van der Waals surface area contributed by atoms with Crippen LogP contribution >= 0.6 is 11.8 Å². The summed E-state index contributed by atoms with van der Waals surface area (Å²) in [6.07, 6.45) is 5.97. The van der Waals surface area contributed by atoms with Crippen LogP contribution < -0.4 is 21.3 Å². The van der Waals surface area contributed by atoms with E-state index in [2.05, 4.69) is 41.2 Å². The van der Waals surface area contributed by atoms with Crippen molar-refractivity contribution in [2.75, 3.05) is 32.4 Å². The van der Waals surface area contributed by atoms with Gasteiger partial charge in [0.25, 0.3) is 0 Å². The summed E-state index contributed by atoms with van der Waals surface area (Å²) in [5.41, 5.74) is 2.15. The lowest BCUT2D eigenvalue weighted by Crippen LogP contribution is -2.40. The largest absolute Gasteiger partial charge is 0.359 e. The van der Waals surface area contributed by atoms with Gasteiger partial charge in [-0.25, -0.2) is 4.98 Å². The van der Waals surface area contributed by atoms with Gasteiger partial charge in [-0.1, -0.05) is 0 Å². The fourth-order valence-corrected chi connectivity index (χ4v) is 2.75. The van der Waals surface area contributed by atoms with Crippen molar-refractivity contribution in [3.63, 3.8) is 0 Å². The van der Waals surface area contributed by atoms with Crippen LogP contribution in [0.25, 0.3) is 0 Å². The molecule has 11 heteroatoms. The number of aliphatic imine (C=N–C) groups is 2. The Labute approximate surface area is 157 Å². The highest BCUT2D eigenvalue weighted by atomic mass is 32.2. The molecule has 0 atom stereocenters. The first kappa shape index (κ1) is 21.1. The number of aryl methyl sites for hydroxylation is 1. The second-order valence-electron chi connectivity index (χ2n) is 5.03. The van der Waals surface area contributed by atoms with E-state index >= 15 is 0 Å². The summed E-state index contributed by atoms with van der Waals surface area (Å²) in [7, 11) is 1.69. The first-order valence-corrected chi connectivity index (χ1v) is 9.26. The number of nitriles is 2. The van der Waals surface area contributed by atoms with Crippen LogP contribution in [0.5, 0.6) is 0 Å². The molecule has 0 radical (unpaired) electrons. The van der Waals surface area contributed by atoms with Crippen LogP contribution in [0.15, 0.2) is 16.3 Å². The Hall–Kier alpha value is -2.92. The third-order valence-corrected chi connectivity index (χ3v) is 4.18. The molecule has 0 amide bonds. The number of thioether (sulfide) groups is 1. The third kappa shape index (κ3) is 8.80. The fourth-order valence-electron chi connectivity index (χ4n) is 1.87. The molecule has 1 heterocycles. The zero-order valence-electron chi connectivity index (χ0n) is 15.0. The van der Waals surface area contributed by atoms with Gasteiger partial charge < -0.3 is 26.3 Å². The zero-order chi connectivity index (χ0) is 19.0. The summed E-state index contributed by atoms with van der Waals surface area (Å²) in [5, 5.41) is 29.2. The molecule has 10 nitrogen and oxygen atoms in total. The number of aromatic nitrogens is 2. The molecule has 1 aromatic rings. The molecule has 26 heavy (non-hydrogen) atoms. The minimum absolute atomic E-state index is 0.431. The van der Waals surface area contributed by atoms with Crippen LogP contribution in [0.4, 0.5) is 0 Å². The van der Waals surface area contributed by atoms with Gasteiger partial charge in [-0.3, -0.25) is 0 Å². The number of hydrogen-bond acceptors (Lipinski definition) is 6. The van der Waals surface area contributed by atoms with Crippen LogP contribution in [0.2, 0.25) is 0 Å². The van der Waals surface area contributed by atoms with E-state index < -0.39 is 0 Å². The van der Waals surface area contributed by atoms with Gasteiger partial charge in [-0.05, 0) is 13.3 Å². The van der Waals surface area contributed by atoms with Crippen LogP contribution in [0.3, 0.4) is 0 Å². The SMILES string of the molecule is CNC(=NC#N)NCCCNC(=NC#N)NCCSCc1nc[nH]c1C. The lowest BCUT2D eigenvalue weighted by Gasteiger charge is -2.11. The maximum atomic E-state index is 8.76. The highest BCUT2D eigenvalue weighted by Crippen LogP contribution is 2.11. The van der Waals surface area contributed by atoms with Gasteiger partial charge in [0, 0.05) is 43.9 Å². The molecule has 1 aromatic heterocycles. The first-order valence-electron chi connectivity index (χ1n) is 8.10. The summed E-state index contributed by atoms with van der Waals surface area (Å²) >= 11 is 1.76. The van der Waals surface area contributed by atoms with E-state index in [-0.39, 0.29) is 0 Å². The van der Waals surface area contributed by atoms with Crippen molar-refractivity contribution in [2.45, 2.75) is 19.1 Å². The monoisotopic (exact) mass is 376 g/mol. The summed E-state index contributed by atoms with van der Waals surface area (Å²) in [4.78, 5) is 14.6. The van der Waals surface area contributed by atoms with Crippen molar-refractivity contribution >= 4 is 23.7 Å². The van der Waals surface area contributed by atoms with E-state index in [1.807, 2.05) is 6.92 Å². The molecule has 0 aliphatic heterocycles. The quantitative estimate of drug-likeness (QED) is 0.175. The van der Waals surface area contributed by atoms with E-state index in [4.69, 9.17) is 10.5 Å². The number of H-pyrrole nitrogens is 1. The minimum Gasteiger partial charge on any atom is -0.359 e. The van der Waals surface area contributed by atoms with Gasteiger partial charge >= 0.3 is 0 Å². The Morgan fingerprint density at radius 2 is 1.81 bits per heavy atom. The molecule has 0 aliphatic carbocycles. The Balaban J connectivity index is 2.16. The first-order chi connectivity index (χ1) is 12.7. The molecule has 0 fully saturated rings. The Morgan fingerprint density at radius 1 is 1.15 bits per heavy atom. The number of rotatable bonds is 9. The Kier molecular flexibility index (Phi) is 10.9. The average molecular weight is 376 g/mol. The molecular weight excluding hydrogens is 352 g/mol. The number of hydrogen-bond donors (Lipinski definition) is 5. The van der Waals surface area contributed by atoms with Crippen molar-refractivity contribution in [1.29, 1.82) is 10.5 Å². The highest BCUT2D eigenvalue weighted by molar-refractivity contribution is 7.98. The average Bonchev–Trinajstić information content (AvgIpc) is 3.05. The predicted octanol–water partition coefficient (Wildman–Crippen LogP) is 0.00378. The molecule has 140 valence electrons. The number of aromatic amines is 1. The Morgan fingerprint density at radius 3 is 2.42 bits per heavy atom. The maximum absolute atomic E-state index is 8.76. The fraction of sp³-hybridized carbons (Fsp3) is 0.533. The second kappa shape index (κ2) is 13.4. The van der Waals surface area contributed by atoms with Gasteiger partial charge in [-0.15, -0.1) is 9.98 Å².